The molecule has 0 bridgehead atoms. The van der Waals surface area contributed by atoms with Crippen molar-refractivity contribution >= 4 is 21.8 Å². The minimum absolute atomic E-state index is 0.0255. The average molecular weight is 379 g/mol. The number of benzene rings is 1. The molecule has 23 heavy (non-hydrogen) atoms. The average Bonchev–Trinajstić information content (AvgIpc) is 3.00. The van der Waals surface area contributed by atoms with Gasteiger partial charge >= 0.3 is 0 Å². The van der Waals surface area contributed by atoms with Crippen LogP contribution < -0.4 is 10.1 Å². The predicted octanol–water partition coefficient (Wildman–Crippen LogP) is 1.73. The summed E-state index contributed by atoms with van der Waals surface area (Å²) in [5.74, 6) is 1.54. The van der Waals surface area contributed by atoms with E-state index in [1.165, 1.54) is 0 Å². The fourth-order valence-electron chi connectivity index (χ4n) is 2.69. The third-order valence-corrected chi connectivity index (χ3v) is 4.42. The number of nitrogens with one attached hydrogen (secondary N) is 1. The quantitative estimate of drug-likeness (QED) is 0.879. The molecule has 1 amide bonds. The zero-order valence-electron chi connectivity index (χ0n) is 12.9. The maximum absolute atomic E-state index is 12.6. The minimum Gasteiger partial charge on any atom is -0.484 e. The molecule has 1 fully saturated rings. The number of aryl methyl sites for hydroxylation is 1. The highest BCUT2D eigenvalue weighted by Crippen LogP contribution is 2.21. The lowest BCUT2D eigenvalue weighted by atomic mass is 10.1. The Kier molecular flexibility index (Phi) is 4.97. The Morgan fingerprint density at radius 3 is 2.91 bits per heavy atom. The van der Waals surface area contributed by atoms with Gasteiger partial charge in [-0.25, -0.2) is 4.98 Å². The zero-order chi connectivity index (χ0) is 16.2. The molecular formula is C16H19BrN4O2. The Labute approximate surface area is 143 Å². The highest BCUT2D eigenvalue weighted by molar-refractivity contribution is 9.10. The lowest BCUT2D eigenvalue weighted by molar-refractivity contribution is -0.137. The van der Waals surface area contributed by atoms with Crippen molar-refractivity contribution in [3.05, 3.63) is 47.0 Å². The van der Waals surface area contributed by atoms with E-state index in [-0.39, 0.29) is 18.6 Å². The lowest BCUT2D eigenvalue weighted by Gasteiger charge is -2.35. The van der Waals surface area contributed by atoms with Gasteiger partial charge in [0.25, 0.3) is 5.91 Å². The number of imidazole rings is 1. The van der Waals surface area contributed by atoms with E-state index in [0.29, 0.717) is 18.8 Å². The Morgan fingerprint density at radius 1 is 1.43 bits per heavy atom. The molecule has 1 unspecified atom stereocenters. The molecule has 0 aliphatic carbocycles. The number of ether oxygens (including phenoxy) is 1. The molecular weight excluding hydrogens is 360 g/mol. The number of halogens is 1. The Hall–Kier alpha value is -1.86. The van der Waals surface area contributed by atoms with Crippen molar-refractivity contribution in [2.45, 2.75) is 6.04 Å². The molecule has 1 N–H and O–H groups in total. The molecule has 0 spiro atoms. The van der Waals surface area contributed by atoms with Crippen molar-refractivity contribution < 1.29 is 9.53 Å². The number of piperazine rings is 1. The fraction of sp³-hybridized carbons (Fsp3) is 0.375. The van der Waals surface area contributed by atoms with Crippen molar-refractivity contribution in [3.8, 4) is 5.75 Å². The van der Waals surface area contributed by atoms with Crippen LogP contribution in [0.1, 0.15) is 11.9 Å². The number of carbonyl (C=O) groups excluding carboxylic acids is 1. The van der Waals surface area contributed by atoms with Gasteiger partial charge in [-0.1, -0.05) is 15.9 Å². The summed E-state index contributed by atoms with van der Waals surface area (Å²) in [5, 5.41) is 3.32. The second-order valence-electron chi connectivity index (χ2n) is 5.45. The van der Waals surface area contributed by atoms with Crippen LogP contribution in [0.25, 0.3) is 0 Å². The van der Waals surface area contributed by atoms with Gasteiger partial charge in [0.1, 0.15) is 17.6 Å². The first-order valence-electron chi connectivity index (χ1n) is 7.51. The summed E-state index contributed by atoms with van der Waals surface area (Å²) in [7, 11) is 1.94. The molecule has 6 nitrogen and oxygen atoms in total. The van der Waals surface area contributed by atoms with Crippen molar-refractivity contribution in [3.63, 3.8) is 0 Å². The van der Waals surface area contributed by atoms with Gasteiger partial charge in [0.05, 0.1) is 0 Å². The summed E-state index contributed by atoms with van der Waals surface area (Å²) in [4.78, 5) is 18.8. The second kappa shape index (κ2) is 7.14. The zero-order valence-corrected chi connectivity index (χ0v) is 14.5. The molecule has 3 rings (SSSR count). The molecule has 1 atom stereocenters. The fourth-order valence-corrected chi connectivity index (χ4v) is 2.95. The largest absolute Gasteiger partial charge is 0.484 e. The molecule has 1 aliphatic rings. The van der Waals surface area contributed by atoms with Crippen LogP contribution in [0.3, 0.4) is 0 Å². The molecule has 1 saturated heterocycles. The van der Waals surface area contributed by atoms with E-state index in [0.717, 1.165) is 16.8 Å². The SMILES string of the molecule is Cn1ccnc1C1CNCCN1C(=O)COc1ccc(Br)cc1. The van der Waals surface area contributed by atoms with Gasteiger partial charge in [0.15, 0.2) is 6.61 Å². The molecule has 1 aromatic carbocycles. The Balaban J connectivity index is 1.66. The third-order valence-electron chi connectivity index (χ3n) is 3.90. The van der Waals surface area contributed by atoms with Crippen LogP contribution >= 0.6 is 15.9 Å². The molecule has 2 aromatic rings. The van der Waals surface area contributed by atoms with Crippen molar-refractivity contribution in [1.29, 1.82) is 0 Å². The Bertz CT molecular complexity index is 671. The molecule has 2 heterocycles. The van der Waals surface area contributed by atoms with Gasteiger partial charge in [-0.15, -0.1) is 0 Å². The number of carbonyl (C=O) groups is 1. The first kappa shape index (κ1) is 16.0. The van der Waals surface area contributed by atoms with Crippen molar-refractivity contribution in [2.24, 2.45) is 7.05 Å². The van der Waals surface area contributed by atoms with E-state index in [9.17, 15) is 4.79 Å². The smallest absolute Gasteiger partial charge is 0.261 e. The van der Waals surface area contributed by atoms with Crippen LogP contribution in [-0.4, -0.2) is 46.6 Å². The molecule has 1 aromatic heterocycles. The summed E-state index contributed by atoms with van der Waals surface area (Å²) in [6.45, 7) is 2.17. The number of amides is 1. The van der Waals surface area contributed by atoms with E-state index >= 15 is 0 Å². The van der Waals surface area contributed by atoms with E-state index in [1.807, 2.05) is 47.0 Å². The first-order chi connectivity index (χ1) is 11.1. The molecule has 7 heteroatoms. The maximum atomic E-state index is 12.6. The highest BCUT2D eigenvalue weighted by atomic mass is 79.9. The number of hydrogen-bond donors (Lipinski definition) is 1. The maximum Gasteiger partial charge on any atom is 0.261 e. The second-order valence-corrected chi connectivity index (χ2v) is 6.36. The van der Waals surface area contributed by atoms with Gasteiger partial charge in [-0.2, -0.15) is 0 Å². The Morgan fingerprint density at radius 2 is 2.22 bits per heavy atom. The van der Waals surface area contributed by atoms with Crippen molar-refractivity contribution in [1.82, 2.24) is 19.8 Å². The summed E-state index contributed by atoms with van der Waals surface area (Å²) in [5.41, 5.74) is 0. The number of hydrogen-bond acceptors (Lipinski definition) is 4. The number of nitrogens with zero attached hydrogens (tertiary/aromatic N) is 3. The molecule has 0 radical (unpaired) electrons. The van der Waals surface area contributed by atoms with E-state index in [1.54, 1.807) is 6.20 Å². The first-order valence-corrected chi connectivity index (χ1v) is 8.30. The van der Waals surface area contributed by atoms with Gasteiger partial charge in [-0.05, 0) is 24.3 Å². The minimum atomic E-state index is -0.0650. The van der Waals surface area contributed by atoms with Gasteiger partial charge in [0, 0.05) is 43.5 Å². The van der Waals surface area contributed by atoms with E-state index in [4.69, 9.17) is 4.74 Å². The number of rotatable bonds is 4. The summed E-state index contributed by atoms with van der Waals surface area (Å²) < 4.78 is 8.54. The van der Waals surface area contributed by atoms with E-state index < -0.39 is 0 Å². The van der Waals surface area contributed by atoms with Crippen LogP contribution in [0.4, 0.5) is 0 Å². The molecule has 122 valence electrons. The van der Waals surface area contributed by atoms with Crippen molar-refractivity contribution in [2.75, 3.05) is 26.2 Å². The third kappa shape index (κ3) is 3.73. The van der Waals surface area contributed by atoms with Crippen LogP contribution in [0.2, 0.25) is 0 Å². The van der Waals surface area contributed by atoms with Gasteiger partial charge in [0.2, 0.25) is 0 Å². The van der Waals surface area contributed by atoms with Gasteiger partial charge in [-0.3, -0.25) is 4.79 Å². The van der Waals surface area contributed by atoms with Crippen LogP contribution in [0, 0.1) is 0 Å². The summed E-state index contributed by atoms with van der Waals surface area (Å²) in [6, 6.07) is 7.39. The highest BCUT2D eigenvalue weighted by Gasteiger charge is 2.30. The summed E-state index contributed by atoms with van der Waals surface area (Å²) >= 11 is 3.38. The molecule has 0 saturated carbocycles. The topological polar surface area (TPSA) is 59.4 Å². The van der Waals surface area contributed by atoms with E-state index in [2.05, 4.69) is 26.2 Å². The predicted molar refractivity (Wildman–Crippen MR) is 90.2 cm³/mol. The monoisotopic (exact) mass is 378 g/mol. The van der Waals surface area contributed by atoms with Crippen LogP contribution in [0.15, 0.2) is 41.1 Å². The summed E-state index contributed by atoms with van der Waals surface area (Å²) in [6.07, 6.45) is 3.65. The standard InChI is InChI=1S/C16H19BrN4O2/c1-20-8-7-19-16(20)14-10-18-6-9-21(14)15(22)11-23-13-4-2-12(17)3-5-13/h2-5,7-8,14,18H,6,9-11H2,1H3. The lowest BCUT2D eigenvalue weighted by Crippen LogP contribution is -2.50. The normalized spacial score (nSPS) is 18.0. The van der Waals surface area contributed by atoms with Crippen LogP contribution in [0.5, 0.6) is 5.75 Å². The molecule has 1 aliphatic heterocycles. The number of aromatic nitrogens is 2. The van der Waals surface area contributed by atoms with Gasteiger partial charge < -0.3 is 19.5 Å². The van der Waals surface area contributed by atoms with Crippen LogP contribution in [-0.2, 0) is 11.8 Å².